The Labute approximate surface area is 177 Å². The van der Waals surface area contributed by atoms with Gasteiger partial charge in [0.05, 0.1) is 31.9 Å². The summed E-state index contributed by atoms with van der Waals surface area (Å²) in [6.45, 7) is 4.72. The SMILES string of the molecule is CCCN(CC(=O)Nc1ccccc1OC)CC(=O)N(C)C(C)c1ccc(F)cc1. The summed E-state index contributed by atoms with van der Waals surface area (Å²) in [5.74, 6) is -0.0488. The van der Waals surface area contributed by atoms with Crippen molar-refractivity contribution in [3.8, 4) is 5.75 Å². The van der Waals surface area contributed by atoms with Crippen LogP contribution in [-0.4, -0.2) is 55.4 Å². The lowest BCUT2D eigenvalue weighted by atomic mass is 10.1. The van der Waals surface area contributed by atoms with Crippen molar-refractivity contribution in [1.29, 1.82) is 0 Å². The van der Waals surface area contributed by atoms with E-state index in [1.165, 1.54) is 12.1 Å². The van der Waals surface area contributed by atoms with E-state index in [9.17, 15) is 14.0 Å². The van der Waals surface area contributed by atoms with E-state index in [-0.39, 0.29) is 36.8 Å². The molecule has 0 aromatic heterocycles. The number of anilines is 1. The Morgan fingerprint density at radius 1 is 1.10 bits per heavy atom. The fourth-order valence-electron chi connectivity index (χ4n) is 3.15. The summed E-state index contributed by atoms with van der Waals surface area (Å²) in [6, 6.07) is 13.1. The third-order valence-corrected chi connectivity index (χ3v) is 4.97. The van der Waals surface area contributed by atoms with Crippen molar-refractivity contribution in [3.05, 3.63) is 59.9 Å². The van der Waals surface area contributed by atoms with Crippen LogP contribution in [0.2, 0.25) is 0 Å². The summed E-state index contributed by atoms with van der Waals surface area (Å²) in [7, 11) is 3.26. The van der Waals surface area contributed by atoms with E-state index in [0.717, 1.165) is 12.0 Å². The fraction of sp³-hybridized carbons (Fsp3) is 0.391. The average Bonchev–Trinajstić information content (AvgIpc) is 2.73. The predicted octanol–water partition coefficient (Wildman–Crippen LogP) is 3.70. The summed E-state index contributed by atoms with van der Waals surface area (Å²) < 4.78 is 18.4. The van der Waals surface area contributed by atoms with Gasteiger partial charge in [-0.1, -0.05) is 31.2 Å². The summed E-state index contributed by atoms with van der Waals surface area (Å²) in [6.07, 6.45) is 0.812. The molecule has 0 aliphatic carbocycles. The van der Waals surface area contributed by atoms with E-state index in [1.807, 2.05) is 30.9 Å². The maximum absolute atomic E-state index is 13.2. The van der Waals surface area contributed by atoms with Crippen LogP contribution in [0.5, 0.6) is 5.75 Å². The molecule has 0 aliphatic heterocycles. The van der Waals surface area contributed by atoms with Crippen LogP contribution in [0.15, 0.2) is 48.5 Å². The molecule has 0 spiro atoms. The van der Waals surface area contributed by atoms with Gasteiger partial charge in [0.2, 0.25) is 11.8 Å². The number of rotatable bonds is 10. The van der Waals surface area contributed by atoms with E-state index < -0.39 is 0 Å². The van der Waals surface area contributed by atoms with Crippen LogP contribution in [0.25, 0.3) is 0 Å². The Bertz CT molecular complexity index is 842. The maximum Gasteiger partial charge on any atom is 0.238 e. The number of amides is 2. The summed E-state index contributed by atoms with van der Waals surface area (Å²) >= 11 is 0. The molecule has 30 heavy (non-hydrogen) atoms. The zero-order valence-corrected chi connectivity index (χ0v) is 18.0. The van der Waals surface area contributed by atoms with Crippen molar-refractivity contribution in [2.45, 2.75) is 26.3 Å². The number of hydrogen-bond donors (Lipinski definition) is 1. The largest absolute Gasteiger partial charge is 0.495 e. The number of ether oxygens (including phenoxy) is 1. The number of carbonyl (C=O) groups is 2. The highest BCUT2D eigenvalue weighted by Crippen LogP contribution is 2.23. The highest BCUT2D eigenvalue weighted by molar-refractivity contribution is 5.94. The lowest BCUT2D eigenvalue weighted by Crippen LogP contribution is -2.42. The number of likely N-dealkylation sites (N-methyl/N-ethyl adjacent to an activating group) is 1. The monoisotopic (exact) mass is 415 g/mol. The molecule has 0 aliphatic rings. The van der Waals surface area contributed by atoms with Crippen LogP contribution in [0, 0.1) is 5.82 Å². The fourth-order valence-corrected chi connectivity index (χ4v) is 3.15. The Morgan fingerprint density at radius 3 is 2.40 bits per heavy atom. The van der Waals surface area contributed by atoms with E-state index in [4.69, 9.17) is 4.74 Å². The van der Waals surface area contributed by atoms with Gasteiger partial charge in [-0.05, 0) is 49.7 Å². The van der Waals surface area contributed by atoms with Gasteiger partial charge in [-0.3, -0.25) is 14.5 Å². The van der Waals surface area contributed by atoms with Gasteiger partial charge >= 0.3 is 0 Å². The zero-order valence-electron chi connectivity index (χ0n) is 18.0. The molecule has 1 unspecified atom stereocenters. The van der Waals surface area contributed by atoms with Crippen molar-refractivity contribution in [1.82, 2.24) is 9.80 Å². The van der Waals surface area contributed by atoms with Crippen LogP contribution < -0.4 is 10.1 Å². The molecule has 0 bridgehead atoms. The van der Waals surface area contributed by atoms with Crippen molar-refractivity contribution in [3.63, 3.8) is 0 Å². The number of carbonyl (C=O) groups excluding carboxylic acids is 2. The first kappa shape index (κ1) is 23.3. The molecular weight excluding hydrogens is 385 g/mol. The standard InChI is InChI=1S/C23H30FN3O3/c1-5-14-27(15-22(28)25-20-8-6-7-9-21(20)30-4)16-23(29)26(3)17(2)18-10-12-19(24)13-11-18/h6-13,17H,5,14-16H2,1-4H3,(H,25,28). The smallest absolute Gasteiger partial charge is 0.238 e. The molecule has 2 aromatic carbocycles. The number of methoxy groups -OCH3 is 1. The second kappa shape index (κ2) is 11.3. The molecule has 0 fully saturated rings. The molecule has 0 saturated carbocycles. The Morgan fingerprint density at radius 2 is 1.77 bits per heavy atom. The van der Waals surface area contributed by atoms with Crippen LogP contribution in [-0.2, 0) is 9.59 Å². The first-order valence-electron chi connectivity index (χ1n) is 10.0. The maximum atomic E-state index is 13.2. The third kappa shape index (κ3) is 6.56. The van der Waals surface area contributed by atoms with Gasteiger partial charge in [-0.2, -0.15) is 0 Å². The van der Waals surface area contributed by atoms with E-state index in [0.29, 0.717) is 18.0 Å². The summed E-state index contributed by atoms with van der Waals surface area (Å²) in [4.78, 5) is 28.8. The average molecular weight is 416 g/mol. The van der Waals surface area contributed by atoms with Crippen LogP contribution >= 0.6 is 0 Å². The van der Waals surface area contributed by atoms with Crippen LogP contribution in [0.4, 0.5) is 10.1 Å². The minimum absolute atomic E-state index is 0.0936. The minimum atomic E-state index is -0.310. The second-order valence-electron chi connectivity index (χ2n) is 7.19. The van der Waals surface area contributed by atoms with Crippen molar-refractivity contribution in [2.24, 2.45) is 0 Å². The third-order valence-electron chi connectivity index (χ3n) is 4.97. The van der Waals surface area contributed by atoms with Crippen molar-refractivity contribution in [2.75, 3.05) is 39.1 Å². The molecule has 1 atom stereocenters. The van der Waals surface area contributed by atoms with Gasteiger partial charge in [0.1, 0.15) is 11.6 Å². The van der Waals surface area contributed by atoms with E-state index in [2.05, 4.69) is 5.32 Å². The van der Waals surface area contributed by atoms with Gasteiger partial charge in [-0.15, -0.1) is 0 Å². The van der Waals surface area contributed by atoms with Crippen molar-refractivity contribution >= 4 is 17.5 Å². The second-order valence-corrected chi connectivity index (χ2v) is 7.19. The van der Waals surface area contributed by atoms with Gasteiger partial charge in [0, 0.05) is 7.05 Å². The molecule has 1 N–H and O–H groups in total. The molecular formula is C23H30FN3O3. The van der Waals surface area contributed by atoms with Crippen LogP contribution in [0.1, 0.15) is 31.9 Å². The Hall–Kier alpha value is -2.93. The molecule has 162 valence electrons. The number of halogens is 1. The van der Waals surface area contributed by atoms with Gasteiger partial charge in [0.15, 0.2) is 0 Å². The number of para-hydroxylation sites is 2. The van der Waals surface area contributed by atoms with Crippen LogP contribution in [0.3, 0.4) is 0 Å². The molecule has 0 heterocycles. The zero-order chi connectivity index (χ0) is 22.1. The minimum Gasteiger partial charge on any atom is -0.495 e. The number of hydrogen-bond acceptors (Lipinski definition) is 4. The molecule has 7 heteroatoms. The lowest BCUT2D eigenvalue weighted by molar-refractivity contribution is -0.133. The predicted molar refractivity (Wildman–Crippen MR) is 116 cm³/mol. The number of nitrogens with one attached hydrogen (secondary N) is 1. The Balaban J connectivity index is 1.98. The quantitative estimate of drug-likeness (QED) is 0.643. The molecule has 2 amide bonds. The van der Waals surface area contributed by atoms with E-state index in [1.54, 1.807) is 43.3 Å². The first-order chi connectivity index (χ1) is 14.3. The first-order valence-corrected chi connectivity index (χ1v) is 10.0. The highest BCUT2D eigenvalue weighted by Gasteiger charge is 2.21. The highest BCUT2D eigenvalue weighted by atomic mass is 19.1. The number of benzene rings is 2. The lowest BCUT2D eigenvalue weighted by Gasteiger charge is -2.29. The van der Waals surface area contributed by atoms with E-state index >= 15 is 0 Å². The molecule has 2 aromatic rings. The van der Waals surface area contributed by atoms with Gasteiger partial charge < -0.3 is 15.0 Å². The Kier molecular flexibility index (Phi) is 8.80. The molecule has 6 nitrogen and oxygen atoms in total. The summed E-state index contributed by atoms with van der Waals surface area (Å²) in [5.41, 5.74) is 1.44. The normalized spacial score (nSPS) is 11.8. The molecule has 2 rings (SSSR count). The molecule has 0 radical (unpaired) electrons. The molecule has 0 saturated heterocycles. The van der Waals surface area contributed by atoms with Gasteiger partial charge in [-0.25, -0.2) is 4.39 Å². The summed E-state index contributed by atoms with van der Waals surface area (Å²) in [5, 5.41) is 2.84. The van der Waals surface area contributed by atoms with Gasteiger partial charge in [0.25, 0.3) is 0 Å². The van der Waals surface area contributed by atoms with Crippen molar-refractivity contribution < 1.29 is 18.7 Å². The topological polar surface area (TPSA) is 61.9 Å². The number of nitrogens with zero attached hydrogens (tertiary/aromatic N) is 2.